The topological polar surface area (TPSA) is 101 Å². The van der Waals surface area contributed by atoms with E-state index in [4.69, 9.17) is 9.84 Å². The molecule has 0 spiro atoms. The quantitative estimate of drug-likeness (QED) is 0.833. The Hall–Kier alpha value is -2.09. The van der Waals surface area contributed by atoms with Gasteiger partial charge in [-0.1, -0.05) is 20.8 Å². The van der Waals surface area contributed by atoms with Crippen LogP contribution in [-0.4, -0.2) is 43.8 Å². The smallest absolute Gasteiger partial charge is 0.307 e. The minimum absolute atomic E-state index is 0.0492. The second-order valence-corrected chi connectivity index (χ2v) is 8.36. The number of aliphatic carboxylic acids is 1. The monoisotopic (exact) mass is 355 g/mol. The molecule has 1 heterocycles. The van der Waals surface area contributed by atoms with E-state index in [1.165, 1.54) is 23.1 Å². The van der Waals surface area contributed by atoms with Crippen LogP contribution in [0.15, 0.2) is 23.1 Å². The molecule has 0 aromatic heterocycles. The number of fused-ring (bicyclic) bond motifs is 1. The van der Waals surface area contributed by atoms with Crippen molar-refractivity contribution in [2.45, 2.75) is 38.2 Å². The van der Waals surface area contributed by atoms with Crippen LogP contribution in [0.3, 0.4) is 0 Å². The van der Waals surface area contributed by atoms with Crippen molar-refractivity contribution in [2.24, 2.45) is 5.92 Å². The molecule has 24 heavy (non-hydrogen) atoms. The fourth-order valence-corrected chi connectivity index (χ4v) is 3.41. The first-order valence-corrected chi connectivity index (χ1v) is 9.37. The highest BCUT2D eigenvalue weighted by molar-refractivity contribution is 7.91. The number of hydrogen-bond acceptors (Lipinski definition) is 5. The molecule has 1 aliphatic heterocycles. The lowest BCUT2D eigenvalue weighted by Gasteiger charge is -2.35. The van der Waals surface area contributed by atoms with Gasteiger partial charge in [-0.3, -0.25) is 9.59 Å². The van der Waals surface area contributed by atoms with Crippen molar-refractivity contribution in [3.05, 3.63) is 18.2 Å². The molecule has 1 amide bonds. The predicted octanol–water partition coefficient (Wildman–Crippen LogP) is 1.70. The van der Waals surface area contributed by atoms with E-state index in [9.17, 15) is 18.0 Å². The Bertz CT molecular complexity index is 756. The molecule has 2 rings (SSSR count). The molecule has 0 bridgehead atoms. The van der Waals surface area contributed by atoms with Crippen LogP contribution in [0.2, 0.25) is 0 Å². The van der Waals surface area contributed by atoms with Crippen LogP contribution >= 0.6 is 0 Å². The summed E-state index contributed by atoms with van der Waals surface area (Å²) in [4.78, 5) is 25.1. The molecule has 1 aromatic rings. The lowest BCUT2D eigenvalue weighted by atomic mass is 10.1. The molecule has 132 valence electrons. The first kappa shape index (κ1) is 18.3. The Balaban J connectivity index is 2.51. The number of carboxylic acid groups (broad SMARTS) is 1. The maximum absolute atomic E-state index is 12.6. The maximum Gasteiger partial charge on any atom is 0.307 e. The summed E-state index contributed by atoms with van der Waals surface area (Å²) < 4.78 is 29.7. The van der Waals surface area contributed by atoms with Crippen LogP contribution in [0.25, 0.3) is 0 Å². The van der Waals surface area contributed by atoms with E-state index in [-0.39, 0.29) is 16.6 Å². The van der Waals surface area contributed by atoms with Crippen molar-refractivity contribution in [1.82, 2.24) is 0 Å². The normalized spacial score (nSPS) is 17.6. The predicted molar refractivity (Wildman–Crippen MR) is 88.0 cm³/mol. The summed E-state index contributed by atoms with van der Waals surface area (Å²) in [7, 11) is -3.42. The van der Waals surface area contributed by atoms with Crippen LogP contribution in [0, 0.1) is 5.92 Å². The average Bonchev–Trinajstić information content (AvgIpc) is 2.50. The number of carboxylic acids is 1. The molecule has 8 heteroatoms. The molecule has 1 atom stereocenters. The summed E-state index contributed by atoms with van der Waals surface area (Å²) in [6.07, 6.45) is -1.55. The van der Waals surface area contributed by atoms with Gasteiger partial charge in [0.15, 0.2) is 15.9 Å². The van der Waals surface area contributed by atoms with E-state index in [0.29, 0.717) is 18.0 Å². The summed E-state index contributed by atoms with van der Waals surface area (Å²) in [5.41, 5.74) is 0.366. The van der Waals surface area contributed by atoms with Gasteiger partial charge in [0.05, 0.1) is 22.8 Å². The molecule has 0 saturated carbocycles. The maximum atomic E-state index is 12.6. The second-order valence-electron chi connectivity index (χ2n) is 6.08. The largest absolute Gasteiger partial charge is 0.481 e. The second kappa shape index (κ2) is 6.80. The van der Waals surface area contributed by atoms with Crippen molar-refractivity contribution in [3.8, 4) is 5.75 Å². The molecule has 1 unspecified atom stereocenters. The van der Waals surface area contributed by atoms with Crippen molar-refractivity contribution in [1.29, 1.82) is 0 Å². The summed E-state index contributed by atoms with van der Waals surface area (Å²) >= 11 is 0. The first-order chi connectivity index (χ1) is 11.2. The molecule has 0 aliphatic carbocycles. The van der Waals surface area contributed by atoms with Crippen molar-refractivity contribution < 1.29 is 27.9 Å². The zero-order valence-corrected chi connectivity index (χ0v) is 14.7. The minimum atomic E-state index is -3.42. The SMILES string of the molecule is CCS(=O)(=O)c1ccc2c(c1)N(CC(C)C)C(=O)C(CC(=O)O)O2. The van der Waals surface area contributed by atoms with E-state index >= 15 is 0 Å². The summed E-state index contributed by atoms with van der Waals surface area (Å²) in [6.45, 7) is 5.73. The van der Waals surface area contributed by atoms with Gasteiger partial charge >= 0.3 is 5.97 Å². The standard InChI is InChI=1S/C16H21NO6S/c1-4-24(21,22)11-5-6-13-12(7-11)17(9-10(2)3)16(20)14(23-13)8-15(18)19/h5-7,10,14H,4,8-9H2,1-3H3,(H,18,19). The van der Waals surface area contributed by atoms with Gasteiger partial charge in [0.2, 0.25) is 0 Å². The first-order valence-electron chi connectivity index (χ1n) is 7.72. The minimum Gasteiger partial charge on any atom is -0.481 e. The zero-order valence-electron chi connectivity index (χ0n) is 13.9. The van der Waals surface area contributed by atoms with E-state index in [1.54, 1.807) is 6.92 Å². The molecular weight excluding hydrogens is 334 g/mol. The van der Waals surface area contributed by atoms with Crippen molar-refractivity contribution >= 4 is 27.4 Å². The Morgan fingerprint density at radius 2 is 2.04 bits per heavy atom. The summed E-state index contributed by atoms with van der Waals surface area (Å²) in [6, 6.07) is 4.32. The number of carbonyl (C=O) groups excluding carboxylic acids is 1. The van der Waals surface area contributed by atoms with Gasteiger partial charge in [-0.15, -0.1) is 0 Å². The lowest BCUT2D eigenvalue weighted by molar-refractivity contribution is -0.142. The molecular formula is C16H21NO6S. The molecule has 0 fully saturated rings. The van der Waals surface area contributed by atoms with Gasteiger partial charge in [0.1, 0.15) is 5.75 Å². The Morgan fingerprint density at radius 1 is 1.38 bits per heavy atom. The third kappa shape index (κ3) is 3.69. The molecule has 1 N–H and O–H groups in total. The Labute approximate surface area is 141 Å². The average molecular weight is 355 g/mol. The van der Waals surface area contributed by atoms with Crippen LogP contribution in [0.1, 0.15) is 27.2 Å². The van der Waals surface area contributed by atoms with Crippen LogP contribution in [0.5, 0.6) is 5.75 Å². The fraction of sp³-hybridized carbons (Fsp3) is 0.500. The number of rotatable bonds is 6. The number of sulfone groups is 1. The number of ether oxygens (including phenoxy) is 1. The van der Waals surface area contributed by atoms with Gasteiger partial charge in [-0.2, -0.15) is 0 Å². The number of amides is 1. The molecule has 1 aliphatic rings. The lowest BCUT2D eigenvalue weighted by Crippen LogP contribution is -2.48. The Kier molecular flexibility index (Phi) is 5.17. The number of benzene rings is 1. The van der Waals surface area contributed by atoms with Crippen LogP contribution in [-0.2, 0) is 19.4 Å². The molecule has 1 aromatic carbocycles. The van der Waals surface area contributed by atoms with E-state index in [2.05, 4.69) is 0 Å². The number of anilines is 1. The zero-order chi connectivity index (χ0) is 18.1. The van der Waals surface area contributed by atoms with Crippen molar-refractivity contribution in [2.75, 3.05) is 17.2 Å². The number of carbonyl (C=O) groups is 2. The van der Waals surface area contributed by atoms with E-state index < -0.39 is 34.2 Å². The van der Waals surface area contributed by atoms with E-state index in [1.807, 2.05) is 13.8 Å². The van der Waals surface area contributed by atoms with Crippen molar-refractivity contribution in [3.63, 3.8) is 0 Å². The van der Waals surface area contributed by atoms with Crippen LogP contribution in [0.4, 0.5) is 5.69 Å². The highest BCUT2D eigenvalue weighted by Gasteiger charge is 2.36. The van der Waals surface area contributed by atoms with Crippen LogP contribution < -0.4 is 9.64 Å². The fourth-order valence-electron chi connectivity index (χ4n) is 2.51. The van der Waals surface area contributed by atoms with Gasteiger partial charge in [-0.05, 0) is 24.1 Å². The van der Waals surface area contributed by atoms with Gasteiger partial charge < -0.3 is 14.7 Å². The molecule has 7 nitrogen and oxygen atoms in total. The summed E-state index contributed by atoms with van der Waals surface area (Å²) in [5, 5.41) is 8.95. The van der Waals surface area contributed by atoms with E-state index in [0.717, 1.165) is 0 Å². The number of nitrogens with zero attached hydrogens (tertiary/aromatic N) is 1. The molecule has 0 radical (unpaired) electrons. The van der Waals surface area contributed by atoms with Gasteiger partial charge in [0, 0.05) is 6.54 Å². The third-order valence-electron chi connectivity index (χ3n) is 3.68. The van der Waals surface area contributed by atoms with Gasteiger partial charge in [0.25, 0.3) is 5.91 Å². The third-order valence-corrected chi connectivity index (χ3v) is 5.41. The highest BCUT2D eigenvalue weighted by Crippen LogP contribution is 2.37. The number of hydrogen-bond donors (Lipinski definition) is 1. The summed E-state index contributed by atoms with van der Waals surface area (Å²) in [5.74, 6) is -1.21. The Morgan fingerprint density at radius 3 is 2.58 bits per heavy atom. The molecule has 0 saturated heterocycles. The van der Waals surface area contributed by atoms with Gasteiger partial charge in [-0.25, -0.2) is 8.42 Å². The highest BCUT2D eigenvalue weighted by atomic mass is 32.2.